The molecule has 37 heavy (non-hydrogen) atoms. The summed E-state index contributed by atoms with van der Waals surface area (Å²) >= 11 is 12.2. The van der Waals surface area contributed by atoms with E-state index in [-0.39, 0.29) is 5.91 Å². The van der Waals surface area contributed by atoms with Crippen LogP contribution < -0.4 is 0 Å². The minimum atomic E-state index is -4.46. The molecular formula is C28H27Cl2F3N2O2. The van der Waals surface area contributed by atoms with E-state index in [4.69, 9.17) is 23.2 Å². The summed E-state index contributed by atoms with van der Waals surface area (Å²) in [6.07, 6.45) is -4.32. The van der Waals surface area contributed by atoms with Crippen LogP contribution in [0.15, 0.2) is 72.8 Å². The van der Waals surface area contributed by atoms with Crippen LogP contribution in [0.3, 0.4) is 0 Å². The lowest BCUT2D eigenvalue weighted by atomic mass is 9.89. The van der Waals surface area contributed by atoms with Crippen molar-refractivity contribution >= 4 is 29.1 Å². The summed E-state index contributed by atoms with van der Waals surface area (Å²) < 4.78 is 39.6. The zero-order valence-electron chi connectivity index (χ0n) is 20.1. The smallest absolute Gasteiger partial charge is 0.392 e. The maximum Gasteiger partial charge on any atom is 0.416 e. The summed E-state index contributed by atoms with van der Waals surface area (Å²) in [7, 11) is 1.66. The molecule has 0 radical (unpaired) electrons. The van der Waals surface area contributed by atoms with E-state index in [1.165, 1.54) is 12.1 Å². The van der Waals surface area contributed by atoms with Gasteiger partial charge in [-0.15, -0.1) is 0 Å². The largest absolute Gasteiger partial charge is 0.416 e. The Morgan fingerprint density at radius 1 is 0.946 bits per heavy atom. The van der Waals surface area contributed by atoms with Gasteiger partial charge in [-0.25, -0.2) is 0 Å². The number of benzene rings is 3. The number of alkyl halides is 3. The second-order valence-corrected chi connectivity index (χ2v) is 10.2. The van der Waals surface area contributed by atoms with Gasteiger partial charge in [0.15, 0.2) is 0 Å². The predicted molar refractivity (Wildman–Crippen MR) is 139 cm³/mol. The molecule has 0 saturated carbocycles. The standard InChI is InChI=1S/C28H27Cl2F3N2O2/c1-34(27(37)26(19-4-10-22(29)11-5-19)20-6-12-23(30)13-7-20)25(17-35-15-14-24(36)16-35)18-2-8-21(9-3-18)28(31,32)33/h2-13,24-26,36H,14-17H2,1H3/t24-,25+/m0/s1. The fourth-order valence-electron chi connectivity index (χ4n) is 4.71. The Morgan fingerprint density at radius 3 is 1.86 bits per heavy atom. The van der Waals surface area contributed by atoms with Gasteiger partial charge in [0.05, 0.1) is 23.6 Å². The molecule has 1 amide bonds. The Morgan fingerprint density at radius 2 is 1.43 bits per heavy atom. The quantitative estimate of drug-likeness (QED) is 0.369. The third-order valence-corrected chi connectivity index (χ3v) is 7.27. The first-order valence-electron chi connectivity index (χ1n) is 11.9. The lowest BCUT2D eigenvalue weighted by Gasteiger charge is -2.34. The van der Waals surface area contributed by atoms with E-state index in [0.717, 1.165) is 23.3 Å². The number of hydrogen-bond donors (Lipinski definition) is 1. The van der Waals surface area contributed by atoms with Crippen molar-refractivity contribution in [3.05, 3.63) is 105 Å². The molecule has 1 heterocycles. The SMILES string of the molecule is CN(C(=O)C(c1ccc(Cl)cc1)c1ccc(Cl)cc1)[C@H](CN1CC[C@H](O)C1)c1ccc(C(F)(F)F)cc1. The van der Waals surface area contributed by atoms with Gasteiger partial charge in [0.1, 0.15) is 0 Å². The summed E-state index contributed by atoms with van der Waals surface area (Å²) in [6.45, 7) is 1.45. The van der Waals surface area contributed by atoms with Crippen LogP contribution in [0.4, 0.5) is 13.2 Å². The van der Waals surface area contributed by atoms with E-state index in [1.807, 2.05) is 4.90 Å². The highest BCUT2D eigenvalue weighted by atomic mass is 35.5. The van der Waals surface area contributed by atoms with Crippen molar-refractivity contribution in [3.63, 3.8) is 0 Å². The number of nitrogens with zero attached hydrogens (tertiary/aromatic N) is 2. The first kappa shape index (κ1) is 27.5. The van der Waals surface area contributed by atoms with Gasteiger partial charge in [0.25, 0.3) is 0 Å². The number of aliphatic hydroxyl groups excluding tert-OH is 1. The molecule has 0 aliphatic carbocycles. The third kappa shape index (κ3) is 6.65. The molecule has 0 spiro atoms. The fourth-order valence-corrected chi connectivity index (χ4v) is 4.97. The van der Waals surface area contributed by atoms with Gasteiger partial charge in [-0.3, -0.25) is 9.69 Å². The molecular weight excluding hydrogens is 524 g/mol. The average molecular weight is 551 g/mol. The van der Waals surface area contributed by atoms with E-state index >= 15 is 0 Å². The number of rotatable bonds is 7. The number of carbonyl (C=O) groups is 1. The molecule has 3 aromatic carbocycles. The maximum absolute atomic E-state index is 14.1. The topological polar surface area (TPSA) is 43.8 Å². The number of amides is 1. The number of β-amino-alcohol motifs (C(OH)–C–C–N with tert-alkyl or cyclic N) is 1. The van der Waals surface area contributed by atoms with Gasteiger partial charge in [0, 0.05) is 36.7 Å². The van der Waals surface area contributed by atoms with E-state index in [1.54, 1.807) is 60.5 Å². The first-order valence-corrected chi connectivity index (χ1v) is 12.6. The second kappa shape index (κ2) is 11.4. The molecule has 1 aliphatic rings. The molecule has 196 valence electrons. The molecule has 1 aliphatic heterocycles. The summed E-state index contributed by atoms with van der Waals surface area (Å²) in [5.74, 6) is -0.907. The van der Waals surface area contributed by atoms with Crippen LogP contribution in [-0.2, 0) is 11.0 Å². The van der Waals surface area contributed by atoms with Gasteiger partial charge >= 0.3 is 6.18 Å². The molecule has 4 nitrogen and oxygen atoms in total. The van der Waals surface area contributed by atoms with E-state index < -0.39 is 29.8 Å². The van der Waals surface area contributed by atoms with Crippen LogP contribution >= 0.6 is 23.2 Å². The van der Waals surface area contributed by atoms with Gasteiger partial charge in [-0.2, -0.15) is 13.2 Å². The Bertz CT molecular complexity index is 1160. The van der Waals surface area contributed by atoms with Crippen molar-refractivity contribution in [1.29, 1.82) is 0 Å². The van der Waals surface area contributed by atoms with E-state index in [9.17, 15) is 23.1 Å². The highest BCUT2D eigenvalue weighted by Gasteiger charge is 2.34. The molecule has 4 rings (SSSR count). The predicted octanol–water partition coefficient (Wildman–Crippen LogP) is 6.41. The molecule has 1 N–H and O–H groups in total. The zero-order chi connectivity index (χ0) is 26.7. The number of halogens is 5. The molecule has 0 unspecified atom stereocenters. The van der Waals surface area contributed by atoms with Crippen LogP contribution in [0.2, 0.25) is 10.0 Å². The molecule has 0 aromatic heterocycles. The van der Waals surface area contributed by atoms with Crippen LogP contribution in [0.5, 0.6) is 0 Å². The lowest BCUT2D eigenvalue weighted by molar-refractivity contribution is -0.137. The van der Waals surface area contributed by atoms with Crippen molar-refractivity contribution < 1.29 is 23.1 Å². The Kier molecular flexibility index (Phi) is 8.49. The number of hydrogen-bond acceptors (Lipinski definition) is 3. The molecule has 3 aromatic rings. The molecule has 1 saturated heterocycles. The van der Waals surface area contributed by atoms with Gasteiger partial charge in [0.2, 0.25) is 5.91 Å². The van der Waals surface area contributed by atoms with Gasteiger partial charge in [-0.05, 0) is 59.5 Å². The number of likely N-dealkylation sites (tertiary alicyclic amines) is 1. The minimum Gasteiger partial charge on any atom is -0.392 e. The van der Waals surface area contributed by atoms with Gasteiger partial charge in [-0.1, -0.05) is 59.6 Å². The summed E-state index contributed by atoms with van der Waals surface area (Å²) in [6, 6.07) is 18.4. The average Bonchev–Trinajstić information content (AvgIpc) is 3.28. The van der Waals surface area contributed by atoms with Crippen LogP contribution in [-0.4, -0.2) is 53.6 Å². The molecule has 2 atom stereocenters. The number of carbonyl (C=O) groups excluding carboxylic acids is 1. The minimum absolute atomic E-state index is 0.228. The van der Waals surface area contributed by atoms with Gasteiger partial charge < -0.3 is 10.0 Å². The second-order valence-electron chi connectivity index (χ2n) is 9.32. The highest BCUT2D eigenvalue weighted by Crippen LogP contribution is 2.34. The Balaban J connectivity index is 1.71. The van der Waals surface area contributed by atoms with Crippen LogP contribution in [0.25, 0.3) is 0 Å². The Labute approximate surface area is 224 Å². The van der Waals surface area contributed by atoms with Crippen molar-refractivity contribution in [2.75, 3.05) is 26.7 Å². The Hall–Kier alpha value is -2.58. The highest BCUT2D eigenvalue weighted by molar-refractivity contribution is 6.30. The third-order valence-electron chi connectivity index (χ3n) is 6.77. The summed E-state index contributed by atoms with van der Waals surface area (Å²) in [5.41, 5.74) is 1.29. The lowest BCUT2D eigenvalue weighted by Crippen LogP contribution is -2.41. The first-order chi connectivity index (χ1) is 17.5. The normalized spacial score (nSPS) is 17.2. The van der Waals surface area contributed by atoms with Crippen molar-refractivity contribution in [2.45, 2.75) is 30.7 Å². The number of likely N-dealkylation sites (N-methyl/N-ethyl adjacent to an activating group) is 1. The van der Waals surface area contributed by atoms with Crippen molar-refractivity contribution in [2.24, 2.45) is 0 Å². The van der Waals surface area contributed by atoms with Crippen LogP contribution in [0.1, 0.15) is 40.6 Å². The molecule has 0 bridgehead atoms. The monoisotopic (exact) mass is 550 g/mol. The van der Waals surface area contributed by atoms with Crippen molar-refractivity contribution in [1.82, 2.24) is 9.80 Å². The summed E-state index contributed by atoms with van der Waals surface area (Å²) in [4.78, 5) is 17.7. The van der Waals surface area contributed by atoms with E-state index in [0.29, 0.717) is 41.7 Å². The fraction of sp³-hybridized carbons (Fsp3) is 0.321. The van der Waals surface area contributed by atoms with E-state index in [2.05, 4.69) is 0 Å². The van der Waals surface area contributed by atoms with Crippen molar-refractivity contribution in [3.8, 4) is 0 Å². The van der Waals surface area contributed by atoms with Crippen LogP contribution in [0, 0.1) is 0 Å². The molecule has 1 fully saturated rings. The molecule has 9 heteroatoms. The maximum atomic E-state index is 14.1. The summed E-state index contributed by atoms with van der Waals surface area (Å²) in [5, 5.41) is 11.1. The number of aliphatic hydroxyl groups is 1. The zero-order valence-corrected chi connectivity index (χ0v) is 21.6.